The van der Waals surface area contributed by atoms with Crippen LogP contribution in [-0.4, -0.2) is 37.6 Å². The van der Waals surface area contributed by atoms with Gasteiger partial charge >= 0.3 is 11.9 Å². The van der Waals surface area contributed by atoms with Crippen LogP contribution >= 0.6 is 0 Å². The maximum absolute atomic E-state index is 12.5. The number of carbonyl (C=O) groups excluding carboxylic acids is 1. The predicted molar refractivity (Wildman–Crippen MR) is 118 cm³/mol. The van der Waals surface area contributed by atoms with E-state index < -0.39 is 11.6 Å². The Balaban J connectivity index is 1.78. The molecule has 0 spiro atoms. The fourth-order valence-electron chi connectivity index (χ4n) is 4.79. The molecule has 1 heterocycles. The van der Waals surface area contributed by atoms with E-state index in [1.54, 1.807) is 0 Å². The quantitative estimate of drug-likeness (QED) is 0.536. The summed E-state index contributed by atoms with van der Waals surface area (Å²) in [7, 11) is 0. The van der Waals surface area contributed by atoms with E-state index in [4.69, 9.17) is 4.74 Å². The molecule has 2 aliphatic carbocycles. The summed E-state index contributed by atoms with van der Waals surface area (Å²) < 4.78 is 7.38. The molecule has 3 rings (SSSR count). The Morgan fingerprint density at radius 1 is 1.13 bits per heavy atom. The summed E-state index contributed by atoms with van der Waals surface area (Å²) in [4.78, 5) is 23.8. The predicted octanol–water partition coefficient (Wildman–Crippen LogP) is 5.22. The first-order valence-corrected chi connectivity index (χ1v) is 11.7. The number of carboxylic acid groups (broad SMARTS) is 1. The third-order valence-electron chi connectivity index (χ3n) is 6.11. The largest absolute Gasteiger partial charge is 0.481 e. The molecule has 174 valence electrons. The van der Waals surface area contributed by atoms with Crippen LogP contribution in [0.3, 0.4) is 0 Å². The van der Waals surface area contributed by atoms with E-state index in [1.807, 2.05) is 25.5 Å². The Kier molecular flexibility index (Phi) is 6.82. The summed E-state index contributed by atoms with van der Waals surface area (Å²) in [6.45, 7) is 12.4. The van der Waals surface area contributed by atoms with Gasteiger partial charge in [0.1, 0.15) is 5.60 Å². The lowest BCUT2D eigenvalue weighted by Gasteiger charge is -2.38. The Morgan fingerprint density at radius 2 is 1.77 bits per heavy atom. The minimum atomic E-state index is -0.869. The van der Waals surface area contributed by atoms with Gasteiger partial charge in [-0.2, -0.15) is 0 Å². The van der Waals surface area contributed by atoms with Gasteiger partial charge in [-0.25, -0.2) is 4.68 Å². The lowest BCUT2D eigenvalue weighted by Crippen LogP contribution is -2.28. The van der Waals surface area contributed by atoms with Gasteiger partial charge in [0.05, 0.1) is 23.9 Å². The van der Waals surface area contributed by atoms with Crippen LogP contribution < -0.4 is 0 Å². The van der Waals surface area contributed by atoms with E-state index in [9.17, 15) is 14.7 Å². The number of esters is 1. The van der Waals surface area contributed by atoms with Crippen LogP contribution in [0.15, 0.2) is 0 Å². The van der Waals surface area contributed by atoms with E-state index in [2.05, 4.69) is 31.1 Å². The van der Waals surface area contributed by atoms with Crippen molar-refractivity contribution in [2.45, 2.75) is 116 Å². The summed E-state index contributed by atoms with van der Waals surface area (Å²) in [5.74, 6) is 0.393. The van der Waals surface area contributed by atoms with Crippen molar-refractivity contribution < 1.29 is 19.4 Å². The molecule has 1 aromatic rings. The number of nitrogens with zero attached hydrogens (tertiary/aromatic N) is 3. The van der Waals surface area contributed by atoms with Crippen molar-refractivity contribution in [1.82, 2.24) is 15.0 Å². The number of hydrogen-bond acceptors (Lipinski definition) is 5. The van der Waals surface area contributed by atoms with Crippen LogP contribution in [0.4, 0.5) is 0 Å². The van der Waals surface area contributed by atoms with Crippen LogP contribution in [0.1, 0.15) is 122 Å². The molecule has 2 saturated carbocycles. The second-order valence-electron chi connectivity index (χ2n) is 11.8. The first-order valence-electron chi connectivity index (χ1n) is 11.7. The maximum Gasteiger partial charge on any atom is 0.308 e. The van der Waals surface area contributed by atoms with Gasteiger partial charge in [0.2, 0.25) is 0 Å². The lowest BCUT2D eigenvalue weighted by atomic mass is 9.67. The highest BCUT2D eigenvalue weighted by molar-refractivity contribution is 5.71. The summed E-state index contributed by atoms with van der Waals surface area (Å²) in [6.07, 6.45) is 6.16. The second-order valence-corrected chi connectivity index (χ2v) is 11.8. The fourth-order valence-corrected chi connectivity index (χ4v) is 4.79. The van der Waals surface area contributed by atoms with Crippen LogP contribution in [0, 0.1) is 11.3 Å². The van der Waals surface area contributed by atoms with Crippen molar-refractivity contribution in [1.29, 1.82) is 0 Å². The van der Waals surface area contributed by atoms with E-state index in [0.29, 0.717) is 23.7 Å². The normalized spacial score (nSPS) is 22.6. The second kappa shape index (κ2) is 8.91. The van der Waals surface area contributed by atoms with Crippen molar-refractivity contribution in [3.63, 3.8) is 0 Å². The fraction of sp³-hybridized carbons (Fsp3) is 0.833. The molecule has 2 fully saturated rings. The molecule has 1 atom stereocenters. The molecule has 0 bridgehead atoms. The van der Waals surface area contributed by atoms with E-state index in [-0.39, 0.29) is 24.9 Å². The lowest BCUT2D eigenvalue weighted by molar-refractivity contribution is -0.156. The number of hydrogen-bond donors (Lipinski definition) is 1. The molecule has 0 amide bonds. The molecule has 7 nitrogen and oxygen atoms in total. The van der Waals surface area contributed by atoms with Gasteiger partial charge < -0.3 is 9.84 Å². The van der Waals surface area contributed by atoms with Crippen molar-refractivity contribution in [3.05, 3.63) is 11.4 Å². The van der Waals surface area contributed by atoms with Crippen molar-refractivity contribution >= 4 is 11.9 Å². The molecule has 1 aromatic heterocycles. The molecular weight excluding hydrogens is 394 g/mol. The highest BCUT2D eigenvalue weighted by Crippen LogP contribution is 2.51. The number of carbonyl (C=O) groups is 2. The minimum Gasteiger partial charge on any atom is -0.481 e. The SMILES string of the molecule is CC(C)(C)C[C@H]1C[C@@H](c2nnn([C@@H](CCC(=O)O)CC(=O)OC(C)(C)C)c2C2CC2)C1. The topological polar surface area (TPSA) is 94.3 Å². The molecule has 0 radical (unpaired) electrons. The van der Waals surface area contributed by atoms with E-state index in [1.165, 1.54) is 6.42 Å². The monoisotopic (exact) mass is 433 g/mol. The van der Waals surface area contributed by atoms with Crippen LogP contribution in [0.5, 0.6) is 0 Å². The van der Waals surface area contributed by atoms with Crippen LogP contribution in [-0.2, 0) is 14.3 Å². The van der Waals surface area contributed by atoms with Gasteiger partial charge in [0, 0.05) is 18.3 Å². The van der Waals surface area contributed by atoms with Crippen LogP contribution in [0.2, 0.25) is 0 Å². The standard InChI is InChI=1S/C24H39N3O4/c1-23(2,3)14-15-11-17(12-15)21-22(16-7-8-16)27(26-25-21)18(9-10-19(28)29)13-20(30)31-24(4,5)6/h15-18H,7-14H2,1-6H3,(H,28,29)/t15-,17+,18-/m0/s1. The molecule has 31 heavy (non-hydrogen) atoms. The zero-order valence-electron chi connectivity index (χ0n) is 20.0. The molecular formula is C24H39N3O4. The number of carboxylic acids is 1. The van der Waals surface area contributed by atoms with Gasteiger partial charge in [0.15, 0.2) is 0 Å². The summed E-state index contributed by atoms with van der Waals surface area (Å²) in [5, 5.41) is 18.3. The summed E-state index contributed by atoms with van der Waals surface area (Å²) >= 11 is 0. The molecule has 0 saturated heterocycles. The first kappa shape index (κ1) is 23.7. The van der Waals surface area contributed by atoms with Gasteiger partial charge in [-0.15, -0.1) is 5.10 Å². The molecule has 1 N–H and O–H groups in total. The summed E-state index contributed by atoms with van der Waals surface area (Å²) in [6, 6.07) is -0.340. The molecule has 2 aliphatic rings. The van der Waals surface area contributed by atoms with E-state index >= 15 is 0 Å². The molecule has 7 heteroatoms. The number of rotatable bonds is 9. The van der Waals surface area contributed by atoms with Crippen molar-refractivity contribution in [2.24, 2.45) is 11.3 Å². The zero-order valence-corrected chi connectivity index (χ0v) is 20.0. The Bertz CT molecular complexity index is 793. The highest BCUT2D eigenvalue weighted by atomic mass is 16.6. The average Bonchev–Trinajstić information content (AvgIpc) is 3.31. The first-order chi connectivity index (χ1) is 14.3. The minimum absolute atomic E-state index is 0.0101. The molecule has 0 aliphatic heterocycles. The van der Waals surface area contributed by atoms with Gasteiger partial charge in [-0.3, -0.25) is 9.59 Å². The molecule has 0 aromatic carbocycles. The van der Waals surface area contributed by atoms with Crippen molar-refractivity contribution in [3.8, 4) is 0 Å². The summed E-state index contributed by atoms with van der Waals surface area (Å²) in [5.41, 5.74) is 1.98. The average molecular weight is 434 g/mol. The Labute approximate surface area is 185 Å². The van der Waals surface area contributed by atoms with Crippen molar-refractivity contribution in [2.75, 3.05) is 0 Å². The number of aromatic nitrogens is 3. The number of ether oxygens (including phenoxy) is 1. The van der Waals surface area contributed by atoms with Crippen LogP contribution in [0.25, 0.3) is 0 Å². The van der Waals surface area contributed by atoms with Gasteiger partial charge in [0.25, 0.3) is 0 Å². The molecule has 0 unspecified atom stereocenters. The van der Waals surface area contributed by atoms with E-state index in [0.717, 1.165) is 43.0 Å². The van der Waals surface area contributed by atoms with Gasteiger partial charge in [-0.05, 0) is 70.6 Å². The third kappa shape index (κ3) is 6.78. The van der Waals surface area contributed by atoms with Gasteiger partial charge in [-0.1, -0.05) is 26.0 Å². The highest BCUT2D eigenvalue weighted by Gasteiger charge is 2.41. The number of aliphatic carboxylic acids is 1. The zero-order chi connectivity index (χ0) is 23.0. The maximum atomic E-state index is 12.5. The Morgan fingerprint density at radius 3 is 2.29 bits per heavy atom. The Hall–Kier alpha value is -1.92. The smallest absolute Gasteiger partial charge is 0.308 e. The third-order valence-corrected chi connectivity index (χ3v) is 6.11.